The molecule has 1 rings (SSSR count). The van der Waals surface area contributed by atoms with Crippen LogP contribution >= 0.6 is 11.6 Å². The lowest BCUT2D eigenvalue weighted by Gasteiger charge is -2.01. The van der Waals surface area contributed by atoms with Crippen molar-refractivity contribution in [2.24, 2.45) is 0 Å². The first kappa shape index (κ1) is 9.81. The van der Waals surface area contributed by atoms with Crippen molar-refractivity contribution >= 4 is 17.4 Å². The molecule has 0 atom stereocenters. The molecule has 2 nitrogen and oxygen atoms in total. The third kappa shape index (κ3) is 3.76. The van der Waals surface area contributed by atoms with Gasteiger partial charge >= 0.3 is 0 Å². The highest BCUT2D eigenvalue weighted by molar-refractivity contribution is 6.29. The number of hydrogen-bond acceptors (Lipinski definition) is 2. The summed E-state index contributed by atoms with van der Waals surface area (Å²) in [5.41, 5.74) is 0. The zero-order valence-corrected chi connectivity index (χ0v) is 7.91. The van der Waals surface area contributed by atoms with Gasteiger partial charge in [0.15, 0.2) is 11.0 Å². The molecule has 68 valence electrons. The number of benzene rings is 1. The molecule has 0 fully saturated rings. The molecule has 13 heavy (non-hydrogen) atoms. The zero-order valence-electron chi connectivity index (χ0n) is 7.16. The van der Waals surface area contributed by atoms with Crippen LogP contribution in [0.3, 0.4) is 0 Å². The first-order chi connectivity index (χ1) is 6.18. The number of para-hydroxylation sites is 1. The molecule has 0 unspecified atom stereocenters. The molecule has 3 heteroatoms. The van der Waals surface area contributed by atoms with E-state index in [9.17, 15) is 4.79 Å². The van der Waals surface area contributed by atoms with Crippen LogP contribution < -0.4 is 4.74 Å². The van der Waals surface area contributed by atoms with Gasteiger partial charge in [-0.2, -0.15) is 0 Å². The Morgan fingerprint density at radius 1 is 1.38 bits per heavy atom. The van der Waals surface area contributed by atoms with Gasteiger partial charge < -0.3 is 4.74 Å². The van der Waals surface area contributed by atoms with Crippen LogP contribution in [0.1, 0.15) is 6.92 Å². The summed E-state index contributed by atoms with van der Waals surface area (Å²) in [5, 5.41) is 0.0821. The minimum Gasteiger partial charge on any atom is -0.445 e. The van der Waals surface area contributed by atoms with Gasteiger partial charge in [0.1, 0.15) is 5.75 Å². The van der Waals surface area contributed by atoms with Crippen LogP contribution in [0.4, 0.5) is 0 Å². The first-order valence-corrected chi connectivity index (χ1v) is 4.17. The van der Waals surface area contributed by atoms with Gasteiger partial charge in [-0.25, -0.2) is 0 Å². The van der Waals surface area contributed by atoms with Gasteiger partial charge in [-0.05, 0) is 30.7 Å². The van der Waals surface area contributed by atoms with Gasteiger partial charge in [-0.15, -0.1) is 0 Å². The summed E-state index contributed by atoms with van der Waals surface area (Å²) in [6.45, 7) is 1.41. The van der Waals surface area contributed by atoms with Crippen molar-refractivity contribution < 1.29 is 9.53 Å². The lowest BCUT2D eigenvalue weighted by Crippen LogP contribution is -1.91. The van der Waals surface area contributed by atoms with Gasteiger partial charge in [0.2, 0.25) is 0 Å². The van der Waals surface area contributed by atoms with E-state index in [1.54, 1.807) is 12.1 Å². The Labute approximate surface area is 81.8 Å². The van der Waals surface area contributed by atoms with Crippen molar-refractivity contribution in [1.29, 1.82) is 0 Å². The fourth-order valence-corrected chi connectivity index (χ4v) is 1.03. The minimum absolute atomic E-state index is 0.0821. The third-order valence-electron chi connectivity index (χ3n) is 1.28. The fourth-order valence-electron chi connectivity index (χ4n) is 0.790. The van der Waals surface area contributed by atoms with Crippen LogP contribution in [0.15, 0.2) is 41.6 Å². The van der Waals surface area contributed by atoms with E-state index in [4.69, 9.17) is 16.3 Å². The number of ketones is 1. The normalized spacial score (nSPS) is 11.1. The highest BCUT2D eigenvalue weighted by Crippen LogP contribution is 2.14. The molecule has 0 saturated heterocycles. The molecule has 0 bridgehead atoms. The molecule has 0 aliphatic heterocycles. The van der Waals surface area contributed by atoms with Gasteiger partial charge in [-0.3, -0.25) is 4.79 Å². The maximum absolute atomic E-state index is 10.6. The van der Waals surface area contributed by atoms with Crippen LogP contribution in [0.25, 0.3) is 0 Å². The van der Waals surface area contributed by atoms with E-state index in [-0.39, 0.29) is 11.0 Å². The molecule has 0 N–H and O–H groups in total. The van der Waals surface area contributed by atoms with Crippen molar-refractivity contribution in [3.63, 3.8) is 0 Å². The van der Waals surface area contributed by atoms with E-state index >= 15 is 0 Å². The first-order valence-electron chi connectivity index (χ1n) is 3.79. The summed E-state index contributed by atoms with van der Waals surface area (Å²) in [6, 6.07) is 9.04. The number of hydrogen-bond donors (Lipinski definition) is 0. The van der Waals surface area contributed by atoms with Crippen molar-refractivity contribution in [3.8, 4) is 5.75 Å². The lowest BCUT2D eigenvalue weighted by molar-refractivity contribution is -0.112. The largest absolute Gasteiger partial charge is 0.445 e. The van der Waals surface area contributed by atoms with Gasteiger partial charge in [0.25, 0.3) is 0 Å². The molecule has 0 saturated carbocycles. The molecular formula is C10H9ClO2. The van der Waals surface area contributed by atoms with E-state index in [0.29, 0.717) is 5.75 Å². The van der Waals surface area contributed by atoms with Crippen molar-refractivity contribution in [2.45, 2.75) is 6.92 Å². The highest BCUT2D eigenvalue weighted by atomic mass is 35.5. The highest BCUT2D eigenvalue weighted by Gasteiger charge is 1.96. The summed E-state index contributed by atoms with van der Waals surface area (Å²) in [4.78, 5) is 10.6. The number of rotatable bonds is 3. The molecule has 0 radical (unpaired) electrons. The predicted molar refractivity (Wildman–Crippen MR) is 51.7 cm³/mol. The Morgan fingerprint density at radius 2 is 2.00 bits per heavy atom. The Morgan fingerprint density at radius 3 is 2.54 bits per heavy atom. The molecule has 1 aromatic carbocycles. The van der Waals surface area contributed by atoms with Gasteiger partial charge in [0.05, 0.1) is 0 Å². The maximum atomic E-state index is 10.6. The molecule has 0 aliphatic rings. The lowest BCUT2D eigenvalue weighted by atomic mass is 10.3. The van der Waals surface area contributed by atoms with E-state index in [1.165, 1.54) is 13.0 Å². The van der Waals surface area contributed by atoms with Crippen molar-refractivity contribution in [1.82, 2.24) is 0 Å². The number of ether oxygens (including phenoxy) is 1. The standard InChI is InChI=1S/C10H9ClO2/c1-8(12)7-10(11)13-9-5-3-2-4-6-9/h2-7H,1H3. The van der Waals surface area contributed by atoms with Crippen LogP contribution in [-0.2, 0) is 4.79 Å². The molecule has 0 amide bonds. The predicted octanol–water partition coefficient (Wildman–Crippen LogP) is 2.73. The summed E-state index contributed by atoms with van der Waals surface area (Å²) < 4.78 is 5.13. The Kier molecular flexibility index (Phi) is 3.53. The number of carbonyl (C=O) groups excluding carboxylic acids is 1. The summed E-state index contributed by atoms with van der Waals surface area (Å²) in [5.74, 6) is 0.478. The summed E-state index contributed by atoms with van der Waals surface area (Å²) >= 11 is 5.63. The summed E-state index contributed by atoms with van der Waals surface area (Å²) in [7, 11) is 0. The van der Waals surface area contributed by atoms with Crippen molar-refractivity contribution in [3.05, 3.63) is 41.6 Å². The Hall–Kier alpha value is -1.28. The van der Waals surface area contributed by atoms with Gasteiger partial charge in [-0.1, -0.05) is 18.2 Å². The molecule has 0 aromatic heterocycles. The zero-order chi connectivity index (χ0) is 9.68. The van der Waals surface area contributed by atoms with E-state index in [0.717, 1.165) is 0 Å². The number of halogens is 1. The topological polar surface area (TPSA) is 26.3 Å². The average molecular weight is 197 g/mol. The van der Waals surface area contributed by atoms with Crippen LogP contribution in [0.5, 0.6) is 5.75 Å². The second-order valence-corrected chi connectivity index (χ2v) is 2.85. The molecule has 0 aliphatic carbocycles. The number of carbonyl (C=O) groups is 1. The van der Waals surface area contributed by atoms with Crippen LogP contribution in [0, 0.1) is 0 Å². The molecular weight excluding hydrogens is 188 g/mol. The maximum Gasteiger partial charge on any atom is 0.197 e. The molecule has 0 spiro atoms. The van der Waals surface area contributed by atoms with Crippen LogP contribution in [-0.4, -0.2) is 5.78 Å². The average Bonchev–Trinajstić information content (AvgIpc) is 2.04. The SMILES string of the molecule is CC(=O)C=C(Cl)Oc1ccccc1. The van der Waals surface area contributed by atoms with Gasteiger partial charge in [0, 0.05) is 6.08 Å². The van der Waals surface area contributed by atoms with E-state index in [1.807, 2.05) is 18.2 Å². The Balaban J connectivity index is 2.65. The molecule has 0 heterocycles. The smallest absolute Gasteiger partial charge is 0.197 e. The Bertz CT molecular complexity index is 317. The summed E-state index contributed by atoms with van der Waals surface area (Å²) in [6.07, 6.45) is 1.23. The quantitative estimate of drug-likeness (QED) is 0.549. The monoisotopic (exact) mass is 196 g/mol. The van der Waals surface area contributed by atoms with E-state index < -0.39 is 0 Å². The number of allylic oxidation sites excluding steroid dienone is 1. The third-order valence-corrected chi connectivity index (χ3v) is 1.46. The van der Waals surface area contributed by atoms with E-state index in [2.05, 4.69) is 0 Å². The minimum atomic E-state index is -0.138. The van der Waals surface area contributed by atoms with Crippen LogP contribution in [0.2, 0.25) is 0 Å². The van der Waals surface area contributed by atoms with Crippen molar-refractivity contribution in [2.75, 3.05) is 0 Å². The second-order valence-electron chi connectivity index (χ2n) is 2.47. The fraction of sp³-hybridized carbons (Fsp3) is 0.100. The molecule has 1 aromatic rings. The second kappa shape index (κ2) is 4.67.